The van der Waals surface area contributed by atoms with Gasteiger partial charge in [-0.2, -0.15) is 12.6 Å². The second-order valence-corrected chi connectivity index (χ2v) is 18.6. The van der Waals surface area contributed by atoms with E-state index < -0.39 is 5.97 Å². The summed E-state index contributed by atoms with van der Waals surface area (Å²) in [6.45, 7) is 4.60. The second kappa shape index (κ2) is 40.6. The van der Waals surface area contributed by atoms with Crippen LogP contribution in [0.2, 0.25) is 0 Å². The molecule has 0 aromatic carbocycles. The zero-order chi connectivity index (χ0) is 34.3. The molecule has 2 nitrogen and oxygen atoms in total. The maximum Gasteiger partial charge on any atom is 0.304 e. The molecule has 1 N–H and O–H groups in total. The highest BCUT2D eigenvalue weighted by atomic mass is 32.2. The van der Waals surface area contributed by atoms with Crippen LogP contribution in [-0.2, 0) is 4.79 Å². The molecule has 0 aromatic heterocycles. The van der Waals surface area contributed by atoms with Crippen LogP contribution in [0.3, 0.4) is 0 Å². The summed E-state index contributed by atoms with van der Waals surface area (Å²) >= 11 is 4.50. The van der Waals surface area contributed by atoms with E-state index in [0.717, 1.165) is 12.8 Å². The van der Waals surface area contributed by atoms with Crippen molar-refractivity contribution >= 4 is 29.5 Å². The molecule has 0 radical (unpaired) electrons. The number of unbranched alkanes of at least 4 members (excludes halogenated alkanes) is 31. The summed E-state index contributed by atoms with van der Waals surface area (Å²) < 4.78 is 0. The third kappa shape index (κ3) is 40.5. The summed E-state index contributed by atoms with van der Waals surface area (Å²) in [4.78, 5) is 11.0. The van der Waals surface area contributed by atoms with Gasteiger partial charge in [-0.3, -0.25) is 15.7 Å². The lowest BCUT2D eigenvalue weighted by Crippen LogP contribution is -2.07. The maximum atomic E-state index is 11.0. The fraction of sp³-hybridized carbons (Fsp3) is 0.977. The van der Waals surface area contributed by atoms with Crippen LogP contribution < -0.4 is 0 Å². The fourth-order valence-corrected chi connectivity index (χ4v) is 10.1. The Labute approximate surface area is 305 Å². The van der Waals surface area contributed by atoms with Crippen molar-refractivity contribution in [1.82, 2.24) is 0 Å². The lowest BCUT2D eigenvalue weighted by Gasteiger charge is -2.22. The quantitative estimate of drug-likeness (QED) is 0.0439. The molecule has 0 fully saturated rings. The van der Waals surface area contributed by atoms with Crippen molar-refractivity contribution in [3.8, 4) is 0 Å². The lowest BCUT2D eigenvalue weighted by atomic mass is 10.0. The highest BCUT2D eigenvalue weighted by Gasteiger charge is 2.10. The average molecular weight is 701 g/mol. The molecule has 0 spiro atoms. The van der Waals surface area contributed by atoms with Gasteiger partial charge in [0, 0.05) is 5.25 Å². The standard InChI is InChI=1S/C43H88O2S2/c1-3-5-7-9-11-13-15-17-19-21-23-25-27-29-31-34-38-47(40-36-33-37-42(46)41-43(44)45)39-35-32-30-28-26-24-22-20-18-16-14-12-10-8-6-4-2/h42,46-47H,3-41H2,1-2H3,(H,44,45). The Morgan fingerprint density at radius 3 is 0.915 bits per heavy atom. The topological polar surface area (TPSA) is 37.3 Å². The van der Waals surface area contributed by atoms with Gasteiger partial charge in [0.25, 0.3) is 0 Å². The first-order chi connectivity index (χ1) is 23.1. The normalized spacial score (nSPS) is 12.5. The molecule has 47 heavy (non-hydrogen) atoms. The molecular formula is C43H88O2S2. The number of hydrogen-bond donors (Lipinski definition) is 3. The summed E-state index contributed by atoms with van der Waals surface area (Å²) in [7, 11) is 0.165. The van der Waals surface area contributed by atoms with Crippen molar-refractivity contribution in [3.05, 3.63) is 0 Å². The molecule has 0 saturated carbocycles. The van der Waals surface area contributed by atoms with E-state index in [-0.39, 0.29) is 22.6 Å². The minimum Gasteiger partial charge on any atom is -0.481 e. The molecule has 284 valence electrons. The zero-order valence-electron chi connectivity index (χ0n) is 32.4. The maximum absolute atomic E-state index is 11.0. The molecule has 0 aliphatic heterocycles. The van der Waals surface area contributed by atoms with Crippen LogP contribution in [0.25, 0.3) is 0 Å². The van der Waals surface area contributed by atoms with Gasteiger partial charge in [0.1, 0.15) is 0 Å². The van der Waals surface area contributed by atoms with Gasteiger partial charge in [0.05, 0.1) is 6.42 Å². The van der Waals surface area contributed by atoms with Crippen molar-refractivity contribution < 1.29 is 9.90 Å². The van der Waals surface area contributed by atoms with Crippen molar-refractivity contribution in [2.75, 3.05) is 17.3 Å². The zero-order valence-corrected chi connectivity index (χ0v) is 34.2. The first kappa shape index (κ1) is 47.2. The number of thiol groups is 2. The third-order valence-electron chi connectivity index (χ3n) is 10.3. The van der Waals surface area contributed by atoms with E-state index in [2.05, 4.69) is 26.5 Å². The van der Waals surface area contributed by atoms with Crippen LogP contribution >= 0.6 is 23.5 Å². The molecule has 0 aliphatic carbocycles. The van der Waals surface area contributed by atoms with E-state index in [1.807, 2.05) is 0 Å². The van der Waals surface area contributed by atoms with Gasteiger partial charge in [-0.25, -0.2) is 0 Å². The van der Waals surface area contributed by atoms with Crippen molar-refractivity contribution in [3.63, 3.8) is 0 Å². The Hall–Kier alpha value is 0.170. The van der Waals surface area contributed by atoms with E-state index in [9.17, 15) is 4.79 Å². The van der Waals surface area contributed by atoms with E-state index in [1.165, 1.54) is 229 Å². The highest BCUT2D eigenvalue weighted by molar-refractivity contribution is 8.17. The number of carbonyl (C=O) groups is 1. The minimum atomic E-state index is -0.709. The average Bonchev–Trinajstić information content (AvgIpc) is 3.05. The Bertz CT molecular complexity index is 562. The number of hydrogen-bond acceptors (Lipinski definition) is 2. The van der Waals surface area contributed by atoms with Gasteiger partial charge in [0.15, 0.2) is 0 Å². The number of carboxylic acid groups (broad SMARTS) is 1. The summed E-state index contributed by atoms with van der Waals surface area (Å²) in [5.41, 5.74) is 0. The van der Waals surface area contributed by atoms with Crippen molar-refractivity contribution in [2.45, 2.75) is 250 Å². The van der Waals surface area contributed by atoms with E-state index in [0.29, 0.717) is 0 Å². The predicted molar refractivity (Wildman–Crippen MR) is 222 cm³/mol. The SMILES string of the molecule is CCCCCCCCCCCCCCCCCC[SH](CCCCCCCCCCCCCCCCCC)CCCCC(S)CC(=O)O. The van der Waals surface area contributed by atoms with Crippen LogP contribution in [0.4, 0.5) is 0 Å². The third-order valence-corrected chi connectivity index (χ3v) is 13.6. The smallest absolute Gasteiger partial charge is 0.304 e. The van der Waals surface area contributed by atoms with E-state index >= 15 is 0 Å². The molecule has 0 rings (SSSR count). The molecule has 0 saturated heterocycles. The molecule has 0 bridgehead atoms. The van der Waals surface area contributed by atoms with Crippen LogP contribution in [0.15, 0.2) is 0 Å². The van der Waals surface area contributed by atoms with Gasteiger partial charge in [-0.1, -0.05) is 213 Å². The van der Waals surface area contributed by atoms with Gasteiger partial charge >= 0.3 is 5.97 Å². The summed E-state index contributed by atoms with van der Waals surface area (Å²) in [6.07, 6.45) is 49.9. The number of rotatable bonds is 41. The summed E-state index contributed by atoms with van der Waals surface area (Å²) in [5, 5.41) is 9.05. The molecule has 1 unspecified atom stereocenters. The van der Waals surface area contributed by atoms with Crippen LogP contribution in [0.1, 0.15) is 245 Å². The molecule has 0 heterocycles. The monoisotopic (exact) mass is 701 g/mol. The van der Waals surface area contributed by atoms with Gasteiger partial charge in [0.2, 0.25) is 0 Å². The molecule has 0 aliphatic rings. The Balaban J connectivity index is 3.86. The van der Waals surface area contributed by atoms with Crippen molar-refractivity contribution in [2.24, 2.45) is 0 Å². The van der Waals surface area contributed by atoms with Crippen LogP contribution in [0, 0.1) is 0 Å². The Morgan fingerprint density at radius 1 is 0.426 bits per heavy atom. The largest absolute Gasteiger partial charge is 0.481 e. The van der Waals surface area contributed by atoms with Crippen LogP contribution in [-0.4, -0.2) is 33.6 Å². The first-order valence-corrected chi connectivity index (χ1v) is 24.1. The minimum absolute atomic E-state index is 0.0272. The Kier molecular flexibility index (Phi) is 40.7. The second-order valence-electron chi connectivity index (χ2n) is 15.2. The van der Waals surface area contributed by atoms with Gasteiger partial charge in [-0.05, 0) is 42.9 Å². The van der Waals surface area contributed by atoms with E-state index in [1.54, 1.807) is 0 Å². The summed E-state index contributed by atoms with van der Waals surface area (Å²) in [6, 6.07) is 0. The highest BCUT2D eigenvalue weighted by Crippen LogP contribution is 2.31. The van der Waals surface area contributed by atoms with E-state index in [4.69, 9.17) is 5.11 Å². The first-order valence-electron chi connectivity index (χ1n) is 21.7. The molecule has 4 heteroatoms. The lowest BCUT2D eigenvalue weighted by molar-refractivity contribution is -0.137. The molecule has 0 amide bonds. The molecular weight excluding hydrogens is 613 g/mol. The van der Waals surface area contributed by atoms with Crippen LogP contribution in [0.5, 0.6) is 0 Å². The van der Waals surface area contributed by atoms with Crippen molar-refractivity contribution in [1.29, 1.82) is 0 Å². The molecule has 1 atom stereocenters. The Morgan fingerprint density at radius 2 is 0.660 bits per heavy atom. The van der Waals surface area contributed by atoms with Gasteiger partial charge in [-0.15, -0.1) is 0 Å². The predicted octanol–water partition coefficient (Wildman–Crippen LogP) is 15.5. The summed E-state index contributed by atoms with van der Waals surface area (Å²) in [5.74, 6) is 3.65. The number of carboxylic acids is 1. The fourth-order valence-electron chi connectivity index (χ4n) is 7.12. The number of aliphatic carboxylic acids is 1. The molecule has 0 aromatic rings. The van der Waals surface area contributed by atoms with Gasteiger partial charge < -0.3 is 5.11 Å².